The lowest BCUT2D eigenvalue weighted by molar-refractivity contribution is -0.139. The second-order valence-electron chi connectivity index (χ2n) is 6.70. The summed E-state index contributed by atoms with van der Waals surface area (Å²) < 4.78 is 11.9. The normalized spacial score (nSPS) is 15.9. The molecule has 1 heterocycles. The number of amides is 1. The quantitative estimate of drug-likeness (QED) is 0.524. The highest BCUT2D eigenvalue weighted by Crippen LogP contribution is 2.33. The molecule has 0 aliphatic carbocycles. The van der Waals surface area contributed by atoms with Gasteiger partial charge in [-0.15, -0.1) is 0 Å². The molecule has 162 valence electrons. The van der Waals surface area contributed by atoms with E-state index >= 15 is 0 Å². The number of carbonyl (C=O) groups excluding carboxylic acids is 1. The number of benzene rings is 2. The van der Waals surface area contributed by atoms with Crippen LogP contribution >= 0.6 is 27.7 Å². The van der Waals surface area contributed by atoms with Crippen molar-refractivity contribution in [3.05, 3.63) is 56.4 Å². The fourth-order valence-corrected chi connectivity index (χ4v) is 3.95. The molecule has 1 amide bonds. The topological polar surface area (TPSA) is 97.2 Å². The average Bonchev–Trinajstić information content (AvgIpc) is 3.04. The van der Waals surface area contributed by atoms with E-state index in [0.717, 1.165) is 26.9 Å². The van der Waals surface area contributed by atoms with Gasteiger partial charge in [-0.3, -0.25) is 4.79 Å². The number of aryl methyl sites for hydroxylation is 2. The minimum absolute atomic E-state index is 0.238. The van der Waals surface area contributed by atoms with Crippen molar-refractivity contribution in [2.45, 2.75) is 20.8 Å². The van der Waals surface area contributed by atoms with Crippen molar-refractivity contribution in [3.63, 3.8) is 0 Å². The highest BCUT2D eigenvalue weighted by atomic mass is 79.9. The predicted molar refractivity (Wildman–Crippen MR) is 125 cm³/mol. The summed E-state index contributed by atoms with van der Waals surface area (Å²) in [5.74, 6) is -0.566. The first-order valence-corrected chi connectivity index (χ1v) is 11.1. The molecule has 2 aromatic rings. The molecule has 2 N–H and O–H groups in total. The highest BCUT2D eigenvalue weighted by Gasteiger charge is 2.24. The van der Waals surface area contributed by atoms with E-state index in [1.54, 1.807) is 24.3 Å². The lowest BCUT2D eigenvalue weighted by atomic mass is 10.1. The number of hydrogen-bond acceptors (Lipinski definition) is 6. The maximum absolute atomic E-state index is 12.4. The lowest BCUT2D eigenvalue weighted by Gasteiger charge is -2.11. The number of amidine groups is 1. The number of carboxylic acid groups (broad SMARTS) is 1. The van der Waals surface area contributed by atoms with Crippen molar-refractivity contribution < 1.29 is 24.2 Å². The molecule has 1 aliphatic rings. The van der Waals surface area contributed by atoms with Crippen LogP contribution < -0.4 is 14.8 Å². The largest absolute Gasteiger partial charge is 0.490 e. The van der Waals surface area contributed by atoms with Gasteiger partial charge in [0, 0.05) is 4.47 Å². The van der Waals surface area contributed by atoms with Crippen LogP contribution in [0.3, 0.4) is 0 Å². The van der Waals surface area contributed by atoms with Crippen molar-refractivity contribution in [2.75, 3.05) is 13.2 Å². The molecule has 3 rings (SSSR count). The minimum Gasteiger partial charge on any atom is -0.490 e. The van der Waals surface area contributed by atoms with Crippen LogP contribution in [0.5, 0.6) is 11.5 Å². The van der Waals surface area contributed by atoms with Crippen LogP contribution in [-0.4, -0.2) is 35.4 Å². The number of hydrogen-bond donors (Lipinski definition) is 2. The molecule has 9 heteroatoms. The number of thioether (sulfide) groups is 1. The predicted octanol–water partition coefficient (Wildman–Crippen LogP) is 4.82. The summed E-state index contributed by atoms with van der Waals surface area (Å²) in [5.41, 5.74) is 3.62. The van der Waals surface area contributed by atoms with E-state index < -0.39 is 12.6 Å². The molecular formula is C22H21BrN2O5S. The highest BCUT2D eigenvalue weighted by molar-refractivity contribution is 9.10. The van der Waals surface area contributed by atoms with Crippen LogP contribution in [0.25, 0.3) is 6.08 Å². The van der Waals surface area contributed by atoms with Crippen LogP contribution in [0.4, 0.5) is 5.69 Å². The lowest BCUT2D eigenvalue weighted by Crippen LogP contribution is -2.19. The number of rotatable bonds is 7. The number of carboxylic acids is 1. The van der Waals surface area contributed by atoms with Gasteiger partial charge in [0.15, 0.2) is 23.3 Å². The Morgan fingerprint density at radius 2 is 1.90 bits per heavy atom. The summed E-state index contributed by atoms with van der Waals surface area (Å²) in [4.78, 5) is 28.2. The number of nitrogens with one attached hydrogen (secondary N) is 1. The Bertz CT molecular complexity index is 1070. The Morgan fingerprint density at radius 1 is 1.19 bits per heavy atom. The summed E-state index contributed by atoms with van der Waals surface area (Å²) in [7, 11) is 0. The molecule has 0 bridgehead atoms. The monoisotopic (exact) mass is 504 g/mol. The van der Waals surface area contributed by atoms with Gasteiger partial charge in [0.1, 0.15) is 0 Å². The van der Waals surface area contributed by atoms with E-state index in [0.29, 0.717) is 28.2 Å². The molecule has 0 radical (unpaired) electrons. The SMILES string of the molecule is CCOc1cc(/C=C2\SC(=Nc3cc(C)c(Br)c(C)c3)NC2=O)ccc1OCC(=O)O. The molecule has 0 unspecified atom stereocenters. The molecule has 2 aromatic carbocycles. The van der Waals surface area contributed by atoms with Crippen molar-refractivity contribution in [1.82, 2.24) is 5.32 Å². The first kappa shape index (κ1) is 22.9. The second-order valence-corrected chi connectivity index (χ2v) is 8.52. The van der Waals surface area contributed by atoms with Gasteiger partial charge in [0.05, 0.1) is 17.2 Å². The van der Waals surface area contributed by atoms with Crippen LogP contribution in [0.1, 0.15) is 23.6 Å². The van der Waals surface area contributed by atoms with Gasteiger partial charge >= 0.3 is 5.97 Å². The molecule has 0 spiro atoms. The fraction of sp³-hybridized carbons (Fsp3) is 0.227. The first-order valence-electron chi connectivity index (χ1n) is 9.44. The molecule has 1 aliphatic heterocycles. The van der Waals surface area contributed by atoms with Crippen LogP contribution in [0.2, 0.25) is 0 Å². The van der Waals surface area contributed by atoms with Crippen LogP contribution in [0, 0.1) is 13.8 Å². The van der Waals surface area contributed by atoms with E-state index in [4.69, 9.17) is 14.6 Å². The molecule has 1 saturated heterocycles. The van der Waals surface area contributed by atoms with Crippen molar-refractivity contribution in [3.8, 4) is 11.5 Å². The zero-order valence-corrected chi connectivity index (χ0v) is 19.6. The third-order valence-corrected chi connectivity index (χ3v) is 6.38. The van der Waals surface area contributed by atoms with Gasteiger partial charge in [-0.2, -0.15) is 0 Å². The smallest absolute Gasteiger partial charge is 0.341 e. The standard InChI is InChI=1S/C22H21BrN2O5S/c1-4-29-17-9-14(5-6-16(17)30-11-19(26)27)10-18-21(28)25-22(31-18)24-15-7-12(2)20(23)13(3)8-15/h5-10H,4,11H2,1-3H3,(H,26,27)(H,24,25,28)/b18-10-. The van der Waals surface area contributed by atoms with Crippen LogP contribution in [-0.2, 0) is 9.59 Å². The maximum atomic E-state index is 12.4. The summed E-state index contributed by atoms with van der Waals surface area (Å²) >= 11 is 4.79. The minimum atomic E-state index is -1.07. The van der Waals surface area contributed by atoms with Gasteiger partial charge in [0.25, 0.3) is 5.91 Å². The fourth-order valence-electron chi connectivity index (χ4n) is 2.88. The number of nitrogens with zero attached hydrogens (tertiary/aromatic N) is 1. The van der Waals surface area contributed by atoms with Crippen molar-refractivity contribution >= 4 is 56.5 Å². The molecule has 0 atom stereocenters. The molecule has 1 fully saturated rings. The first-order chi connectivity index (χ1) is 14.8. The summed E-state index contributed by atoms with van der Waals surface area (Å²) in [5, 5.41) is 12.1. The van der Waals surface area contributed by atoms with E-state index in [-0.39, 0.29) is 5.91 Å². The van der Waals surface area contributed by atoms with E-state index in [9.17, 15) is 9.59 Å². The Morgan fingerprint density at radius 3 is 2.55 bits per heavy atom. The van der Waals surface area contributed by atoms with E-state index in [2.05, 4.69) is 26.2 Å². The third-order valence-electron chi connectivity index (χ3n) is 4.22. The van der Waals surface area contributed by atoms with Gasteiger partial charge in [-0.1, -0.05) is 22.0 Å². The van der Waals surface area contributed by atoms with Crippen molar-refractivity contribution in [2.24, 2.45) is 4.99 Å². The molecular weight excluding hydrogens is 484 g/mol. The number of aliphatic carboxylic acids is 1. The Labute approximate surface area is 192 Å². The zero-order chi connectivity index (χ0) is 22.5. The number of carbonyl (C=O) groups is 2. The van der Waals surface area contributed by atoms with Gasteiger partial charge in [0.2, 0.25) is 0 Å². The summed E-state index contributed by atoms with van der Waals surface area (Å²) in [6.45, 7) is 5.73. The maximum Gasteiger partial charge on any atom is 0.341 e. The van der Waals surface area contributed by atoms with E-state index in [1.807, 2.05) is 32.9 Å². The third kappa shape index (κ3) is 5.89. The number of aliphatic imine (C=N–C) groups is 1. The molecule has 0 saturated carbocycles. The van der Waals surface area contributed by atoms with Gasteiger partial charge < -0.3 is 19.9 Å². The van der Waals surface area contributed by atoms with Gasteiger partial charge in [-0.05, 0) is 79.6 Å². The van der Waals surface area contributed by atoms with Gasteiger partial charge in [-0.25, -0.2) is 9.79 Å². The molecule has 0 aromatic heterocycles. The Balaban J connectivity index is 1.83. The zero-order valence-electron chi connectivity index (χ0n) is 17.2. The molecule has 7 nitrogen and oxygen atoms in total. The summed E-state index contributed by atoms with van der Waals surface area (Å²) in [6, 6.07) is 8.96. The number of halogens is 1. The number of ether oxygens (including phenoxy) is 2. The molecule has 31 heavy (non-hydrogen) atoms. The van der Waals surface area contributed by atoms with E-state index in [1.165, 1.54) is 11.8 Å². The Kier molecular flexibility index (Phi) is 7.40. The average molecular weight is 505 g/mol. The van der Waals surface area contributed by atoms with Crippen molar-refractivity contribution in [1.29, 1.82) is 0 Å². The summed E-state index contributed by atoms with van der Waals surface area (Å²) in [6.07, 6.45) is 1.73. The Hall–Kier alpha value is -2.78. The van der Waals surface area contributed by atoms with Crippen LogP contribution in [0.15, 0.2) is 44.7 Å². The second kappa shape index (κ2) is 10.0.